The zero-order valence-corrected chi connectivity index (χ0v) is 17.0. The van der Waals surface area contributed by atoms with Crippen molar-refractivity contribution < 1.29 is 18.3 Å². The number of hydrogen-bond donors (Lipinski definition) is 2. The van der Waals surface area contributed by atoms with Crippen LogP contribution in [0.15, 0.2) is 23.2 Å². The van der Waals surface area contributed by atoms with E-state index in [0.29, 0.717) is 31.6 Å². The van der Waals surface area contributed by atoms with Crippen molar-refractivity contribution in [1.82, 2.24) is 15.5 Å². The Labute approximate surface area is 166 Å². The molecule has 0 saturated carbocycles. The molecule has 1 aromatic carbocycles. The first-order chi connectivity index (χ1) is 13.5. The predicted molar refractivity (Wildman–Crippen MR) is 107 cm³/mol. The van der Waals surface area contributed by atoms with Gasteiger partial charge in [-0.3, -0.25) is 4.99 Å². The summed E-state index contributed by atoms with van der Waals surface area (Å²) in [5.41, 5.74) is 0.0553. The number of aliphatic imine (C=N–C) groups is 1. The Morgan fingerprint density at radius 1 is 1.32 bits per heavy atom. The van der Waals surface area contributed by atoms with Crippen LogP contribution in [0.25, 0.3) is 0 Å². The summed E-state index contributed by atoms with van der Waals surface area (Å²) in [5, 5.41) is 6.35. The molecule has 0 radical (unpaired) electrons. The molecule has 0 aromatic heterocycles. The Balaban J connectivity index is 1.73. The fourth-order valence-corrected chi connectivity index (χ4v) is 3.13. The largest absolute Gasteiger partial charge is 0.381 e. The van der Waals surface area contributed by atoms with Crippen LogP contribution in [-0.4, -0.2) is 71.5 Å². The van der Waals surface area contributed by atoms with Crippen molar-refractivity contribution in [2.24, 2.45) is 10.9 Å². The number of nitrogens with one attached hydrogen (secondary N) is 2. The third-order valence-electron chi connectivity index (χ3n) is 4.78. The van der Waals surface area contributed by atoms with E-state index in [9.17, 15) is 8.78 Å². The molecule has 2 unspecified atom stereocenters. The summed E-state index contributed by atoms with van der Waals surface area (Å²) in [6.45, 7) is 4.06. The van der Waals surface area contributed by atoms with Gasteiger partial charge in [0.1, 0.15) is 11.6 Å². The maximum Gasteiger partial charge on any atom is 0.191 e. The first-order valence-corrected chi connectivity index (χ1v) is 9.73. The van der Waals surface area contributed by atoms with E-state index < -0.39 is 17.7 Å². The van der Waals surface area contributed by atoms with Crippen LogP contribution >= 0.6 is 0 Å². The van der Waals surface area contributed by atoms with E-state index in [2.05, 4.69) is 15.6 Å². The average molecular weight is 398 g/mol. The van der Waals surface area contributed by atoms with Gasteiger partial charge in [0.05, 0.1) is 19.3 Å². The lowest BCUT2D eigenvalue weighted by atomic mass is 10.0. The second-order valence-corrected chi connectivity index (χ2v) is 7.15. The van der Waals surface area contributed by atoms with E-state index >= 15 is 0 Å². The van der Waals surface area contributed by atoms with E-state index in [1.54, 1.807) is 26.0 Å². The fraction of sp³-hybridized carbons (Fsp3) is 0.650. The Kier molecular flexibility index (Phi) is 9.60. The number of rotatable bonds is 10. The van der Waals surface area contributed by atoms with Crippen LogP contribution in [0.5, 0.6) is 0 Å². The monoisotopic (exact) mass is 398 g/mol. The lowest BCUT2D eigenvalue weighted by Gasteiger charge is -2.26. The molecule has 2 atom stereocenters. The minimum absolute atomic E-state index is 0.0553. The lowest BCUT2D eigenvalue weighted by Crippen LogP contribution is -2.42. The minimum Gasteiger partial charge on any atom is -0.381 e. The summed E-state index contributed by atoms with van der Waals surface area (Å²) < 4.78 is 39.3. The summed E-state index contributed by atoms with van der Waals surface area (Å²) in [5.74, 6) is 0.0124. The van der Waals surface area contributed by atoms with Crippen molar-refractivity contribution in [3.8, 4) is 0 Å². The van der Waals surface area contributed by atoms with Gasteiger partial charge in [-0.15, -0.1) is 0 Å². The van der Waals surface area contributed by atoms with Crippen LogP contribution < -0.4 is 10.6 Å². The number of guanidine groups is 1. The molecule has 0 bridgehead atoms. The van der Waals surface area contributed by atoms with Gasteiger partial charge in [-0.25, -0.2) is 8.78 Å². The molecular weight excluding hydrogens is 366 g/mol. The number of likely N-dealkylation sites (N-methyl/N-ethyl adjacent to an activating group) is 1. The van der Waals surface area contributed by atoms with Gasteiger partial charge in [-0.2, -0.15) is 0 Å². The Morgan fingerprint density at radius 3 is 2.68 bits per heavy atom. The van der Waals surface area contributed by atoms with Gasteiger partial charge in [-0.05, 0) is 39.1 Å². The number of halogens is 2. The highest BCUT2D eigenvalue weighted by atomic mass is 19.1. The molecule has 6 nitrogen and oxygen atoms in total. The smallest absolute Gasteiger partial charge is 0.191 e. The number of benzene rings is 1. The molecular formula is C20H32F2N4O2. The standard InChI is InChI=1S/C20H32F2N4O2/c1-23-20(24-9-5-10-27-13-15-8-11-28-14-15)25-12-18(26(2)3)19-16(21)6-4-7-17(19)22/h4,6-7,15,18H,5,8-14H2,1-3H3,(H2,23,24,25). The normalized spacial score (nSPS) is 18.5. The number of nitrogens with zero attached hydrogens (tertiary/aromatic N) is 2. The lowest BCUT2D eigenvalue weighted by molar-refractivity contribution is 0.0888. The van der Waals surface area contributed by atoms with Gasteiger partial charge in [0.25, 0.3) is 0 Å². The Hall–Kier alpha value is -1.77. The van der Waals surface area contributed by atoms with Crippen LogP contribution in [0.2, 0.25) is 0 Å². The van der Waals surface area contributed by atoms with E-state index in [0.717, 1.165) is 32.7 Å². The number of ether oxygens (including phenoxy) is 2. The molecule has 0 amide bonds. The summed E-state index contributed by atoms with van der Waals surface area (Å²) >= 11 is 0. The van der Waals surface area contributed by atoms with Gasteiger partial charge < -0.3 is 25.0 Å². The van der Waals surface area contributed by atoms with E-state index in [1.165, 1.54) is 18.2 Å². The molecule has 1 aliphatic rings. The first kappa shape index (κ1) is 22.5. The quantitative estimate of drug-likeness (QED) is 0.359. The maximum atomic E-state index is 14.1. The third kappa shape index (κ3) is 7.00. The maximum absolute atomic E-state index is 14.1. The highest BCUT2D eigenvalue weighted by molar-refractivity contribution is 5.79. The molecule has 158 valence electrons. The van der Waals surface area contributed by atoms with Crippen LogP contribution in [0, 0.1) is 17.6 Å². The molecule has 2 rings (SSSR count). The van der Waals surface area contributed by atoms with Crippen molar-refractivity contribution in [2.75, 3.05) is 60.7 Å². The van der Waals surface area contributed by atoms with Crippen molar-refractivity contribution in [3.63, 3.8) is 0 Å². The number of hydrogen-bond acceptors (Lipinski definition) is 4. The second kappa shape index (κ2) is 11.9. The van der Waals surface area contributed by atoms with Gasteiger partial charge in [-0.1, -0.05) is 6.07 Å². The molecule has 28 heavy (non-hydrogen) atoms. The van der Waals surface area contributed by atoms with Crippen LogP contribution in [-0.2, 0) is 9.47 Å². The van der Waals surface area contributed by atoms with Crippen molar-refractivity contribution in [2.45, 2.75) is 18.9 Å². The highest BCUT2D eigenvalue weighted by Gasteiger charge is 2.22. The molecule has 8 heteroatoms. The molecule has 2 N–H and O–H groups in total. The van der Waals surface area contributed by atoms with E-state index in [1.807, 2.05) is 0 Å². The highest BCUT2D eigenvalue weighted by Crippen LogP contribution is 2.23. The fourth-order valence-electron chi connectivity index (χ4n) is 3.13. The topological polar surface area (TPSA) is 58.1 Å². The average Bonchev–Trinajstić information content (AvgIpc) is 3.18. The summed E-state index contributed by atoms with van der Waals surface area (Å²) in [6, 6.07) is 3.47. The van der Waals surface area contributed by atoms with Crippen molar-refractivity contribution >= 4 is 5.96 Å². The molecule has 1 aromatic rings. The zero-order chi connectivity index (χ0) is 20.4. The Bertz CT molecular complexity index is 602. The van der Waals surface area contributed by atoms with Crippen LogP contribution in [0.4, 0.5) is 8.78 Å². The molecule has 1 aliphatic heterocycles. The molecule has 1 saturated heterocycles. The van der Waals surface area contributed by atoms with Crippen molar-refractivity contribution in [3.05, 3.63) is 35.4 Å². The summed E-state index contributed by atoms with van der Waals surface area (Å²) in [6.07, 6.45) is 1.91. The van der Waals surface area contributed by atoms with Gasteiger partial charge in [0.2, 0.25) is 0 Å². The predicted octanol–water partition coefficient (Wildman–Crippen LogP) is 2.18. The van der Waals surface area contributed by atoms with E-state index in [-0.39, 0.29) is 5.56 Å². The minimum atomic E-state index is -0.548. The SMILES string of the molecule is CN=C(NCCCOCC1CCOC1)NCC(c1c(F)cccc1F)N(C)C. The molecule has 0 aliphatic carbocycles. The van der Waals surface area contributed by atoms with Gasteiger partial charge in [0, 0.05) is 44.8 Å². The first-order valence-electron chi connectivity index (χ1n) is 9.73. The Morgan fingerprint density at radius 2 is 2.07 bits per heavy atom. The third-order valence-corrected chi connectivity index (χ3v) is 4.78. The van der Waals surface area contributed by atoms with Crippen molar-refractivity contribution in [1.29, 1.82) is 0 Å². The molecule has 0 spiro atoms. The van der Waals surface area contributed by atoms with E-state index in [4.69, 9.17) is 9.47 Å². The second-order valence-electron chi connectivity index (χ2n) is 7.15. The molecule has 1 heterocycles. The summed E-state index contributed by atoms with van der Waals surface area (Å²) in [7, 11) is 5.25. The molecule has 1 fully saturated rings. The zero-order valence-electron chi connectivity index (χ0n) is 17.0. The van der Waals surface area contributed by atoms with Gasteiger partial charge in [0.15, 0.2) is 5.96 Å². The summed E-state index contributed by atoms with van der Waals surface area (Å²) in [4.78, 5) is 5.95. The van der Waals surface area contributed by atoms with Gasteiger partial charge >= 0.3 is 0 Å². The van der Waals surface area contributed by atoms with Crippen LogP contribution in [0.1, 0.15) is 24.4 Å². The van der Waals surface area contributed by atoms with Crippen LogP contribution in [0.3, 0.4) is 0 Å².